The first-order chi connectivity index (χ1) is 16.3. The minimum absolute atomic E-state index is 0.0726. The Kier molecular flexibility index (Phi) is 9.41. The van der Waals surface area contributed by atoms with Crippen LogP contribution in [0.3, 0.4) is 0 Å². The summed E-state index contributed by atoms with van der Waals surface area (Å²) in [5.74, 6) is -0.277. The number of hydrogen-bond donors (Lipinski definition) is 1. The predicted molar refractivity (Wildman–Crippen MR) is 124 cm³/mol. The van der Waals surface area contributed by atoms with Gasteiger partial charge in [-0.15, -0.1) is 0 Å². The van der Waals surface area contributed by atoms with Gasteiger partial charge in [0.2, 0.25) is 0 Å². The second-order valence-corrected chi connectivity index (χ2v) is 9.19. The standard InChI is InChI=1S/C22H28N3O8P/c1-18(22(26)31-15-5-12-24-13-16-30-17-14-24)23-34(29,32-20-6-3-2-4-7-20)33-21-10-8-19(9-11-21)25(27)28/h2-4,6-11,18H,5,12-17H2,1H3,(H,23,29)/t18-,34?/m0/s1. The fourth-order valence-corrected chi connectivity index (χ4v) is 4.68. The largest absolute Gasteiger partial charge is 0.513 e. The van der Waals surface area contributed by atoms with E-state index in [-0.39, 0.29) is 23.8 Å². The summed E-state index contributed by atoms with van der Waals surface area (Å²) in [5.41, 5.74) is -0.145. The Labute approximate surface area is 197 Å². The molecule has 1 aliphatic heterocycles. The number of nitro benzene ring substituents is 1. The normalized spacial score (nSPS) is 16.7. The van der Waals surface area contributed by atoms with Crippen LogP contribution in [0.25, 0.3) is 0 Å². The molecule has 1 N–H and O–H groups in total. The van der Waals surface area contributed by atoms with E-state index < -0.39 is 24.7 Å². The van der Waals surface area contributed by atoms with Crippen molar-refractivity contribution in [2.75, 3.05) is 39.5 Å². The van der Waals surface area contributed by atoms with Gasteiger partial charge in [-0.05, 0) is 37.6 Å². The average Bonchev–Trinajstić information content (AvgIpc) is 2.83. The topological polar surface area (TPSA) is 129 Å². The molecule has 1 unspecified atom stereocenters. The van der Waals surface area contributed by atoms with Crippen LogP contribution >= 0.6 is 7.75 Å². The molecule has 0 aromatic heterocycles. The van der Waals surface area contributed by atoms with E-state index in [4.69, 9.17) is 18.5 Å². The predicted octanol–water partition coefficient (Wildman–Crippen LogP) is 3.40. The molecule has 2 aromatic carbocycles. The molecule has 0 radical (unpaired) electrons. The number of carbonyl (C=O) groups is 1. The first-order valence-corrected chi connectivity index (χ1v) is 12.4. The molecule has 184 valence electrons. The molecule has 0 spiro atoms. The molecular formula is C22H28N3O8P. The zero-order valence-corrected chi connectivity index (χ0v) is 19.7. The van der Waals surface area contributed by atoms with E-state index in [1.165, 1.54) is 31.2 Å². The van der Waals surface area contributed by atoms with Crippen LogP contribution in [-0.4, -0.2) is 61.3 Å². The van der Waals surface area contributed by atoms with Crippen molar-refractivity contribution in [1.82, 2.24) is 9.99 Å². The van der Waals surface area contributed by atoms with Crippen LogP contribution < -0.4 is 14.1 Å². The zero-order valence-electron chi connectivity index (χ0n) is 18.8. The van der Waals surface area contributed by atoms with Gasteiger partial charge in [0.1, 0.15) is 17.5 Å². The van der Waals surface area contributed by atoms with Gasteiger partial charge in [-0.1, -0.05) is 18.2 Å². The number of nitrogens with one attached hydrogen (secondary N) is 1. The van der Waals surface area contributed by atoms with Gasteiger partial charge in [-0.25, -0.2) is 4.57 Å². The smallest absolute Gasteiger partial charge is 0.464 e. The van der Waals surface area contributed by atoms with Crippen molar-refractivity contribution in [1.29, 1.82) is 0 Å². The number of ether oxygens (including phenoxy) is 2. The molecule has 1 aliphatic rings. The van der Waals surface area contributed by atoms with Crippen molar-refractivity contribution in [3.63, 3.8) is 0 Å². The van der Waals surface area contributed by atoms with E-state index in [0.717, 1.165) is 19.6 Å². The summed E-state index contributed by atoms with van der Waals surface area (Å²) < 4.78 is 35.2. The summed E-state index contributed by atoms with van der Waals surface area (Å²) in [6.07, 6.45) is 0.663. The third kappa shape index (κ3) is 8.11. The molecular weight excluding hydrogens is 465 g/mol. The van der Waals surface area contributed by atoms with E-state index in [0.29, 0.717) is 19.6 Å². The van der Waals surface area contributed by atoms with Crippen LogP contribution in [0.1, 0.15) is 13.3 Å². The maximum absolute atomic E-state index is 13.5. The second-order valence-electron chi connectivity index (χ2n) is 7.57. The molecule has 0 aliphatic carbocycles. The van der Waals surface area contributed by atoms with Crippen LogP contribution in [0.5, 0.6) is 11.5 Å². The van der Waals surface area contributed by atoms with Crippen molar-refractivity contribution in [2.45, 2.75) is 19.4 Å². The molecule has 1 heterocycles. The Morgan fingerprint density at radius 2 is 1.74 bits per heavy atom. The van der Waals surface area contributed by atoms with Crippen molar-refractivity contribution in [3.8, 4) is 11.5 Å². The highest BCUT2D eigenvalue weighted by Crippen LogP contribution is 2.45. The SMILES string of the molecule is C[C@H](NP(=O)(Oc1ccccc1)Oc1ccc([N+](=O)[O-])cc1)C(=O)OCCCN1CCOCC1. The van der Waals surface area contributed by atoms with Gasteiger partial charge < -0.3 is 18.5 Å². The van der Waals surface area contributed by atoms with Gasteiger partial charge in [0, 0.05) is 31.8 Å². The number of nitrogens with zero attached hydrogens (tertiary/aromatic N) is 2. The molecule has 11 nitrogen and oxygen atoms in total. The fourth-order valence-electron chi connectivity index (χ4n) is 3.16. The highest BCUT2D eigenvalue weighted by molar-refractivity contribution is 7.52. The van der Waals surface area contributed by atoms with Gasteiger partial charge in [-0.2, -0.15) is 5.09 Å². The van der Waals surface area contributed by atoms with Crippen molar-refractivity contribution in [2.24, 2.45) is 0 Å². The Bertz CT molecular complexity index is 983. The second kappa shape index (κ2) is 12.5. The molecule has 0 saturated carbocycles. The van der Waals surface area contributed by atoms with Gasteiger partial charge in [0.15, 0.2) is 0 Å². The van der Waals surface area contributed by atoms with Gasteiger partial charge in [0.25, 0.3) is 5.69 Å². The lowest BCUT2D eigenvalue weighted by molar-refractivity contribution is -0.384. The first kappa shape index (κ1) is 25.6. The summed E-state index contributed by atoms with van der Waals surface area (Å²) in [5, 5.41) is 13.5. The Hall–Kier alpha value is -2.98. The highest BCUT2D eigenvalue weighted by atomic mass is 31.2. The van der Waals surface area contributed by atoms with Crippen LogP contribution in [0.15, 0.2) is 54.6 Å². The number of para-hydroxylation sites is 1. The highest BCUT2D eigenvalue weighted by Gasteiger charge is 2.34. The first-order valence-electron chi connectivity index (χ1n) is 10.9. The van der Waals surface area contributed by atoms with Crippen molar-refractivity contribution < 1.29 is 32.8 Å². The molecule has 1 fully saturated rings. The lowest BCUT2D eigenvalue weighted by Crippen LogP contribution is -2.38. The van der Waals surface area contributed by atoms with E-state index >= 15 is 0 Å². The number of esters is 1. The van der Waals surface area contributed by atoms with Crippen LogP contribution in [0.4, 0.5) is 5.69 Å². The van der Waals surface area contributed by atoms with E-state index in [1.807, 2.05) is 0 Å². The van der Waals surface area contributed by atoms with Gasteiger partial charge in [-0.3, -0.25) is 19.8 Å². The lowest BCUT2D eigenvalue weighted by atomic mass is 10.3. The summed E-state index contributed by atoms with van der Waals surface area (Å²) >= 11 is 0. The Balaban J connectivity index is 1.59. The molecule has 2 aromatic rings. The van der Waals surface area contributed by atoms with Crippen LogP contribution in [0.2, 0.25) is 0 Å². The van der Waals surface area contributed by atoms with Crippen LogP contribution in [-0.2, 0) is 18.8 Å². The monoisotopic (exact) mass is 493 g/mol. The summed E-state index contributed by atoms with van der Waals surface area (Å²) in [7, 11) is -4.12. The third-order valence-corrected chi connectivity index (χ3v) is 6.52. The lowest BCUT2D eigenvalue weighted by Gasteiger charge is -2.26. The van der Waals surface area contributed by atoms with Gasteiger partial charge >= 0.3 is 13.7 Å². The molecule has 12 heteroatoms. The number of carbonyl (C=O) groups excluding carboxylic acids is 1. The van der Waals surface area contributed by atoms with E-state index in [1.54, 1.807) is 30.3 Å². The van der Waals surface area contributed by atoms with E-state index in [9.17, 15) is 19.5 Å². The van der Waals surface area contributed by atoms with Crippen molar-refractivity contribution >= 4 is 19.4 Å². The molecule has 1 saturated heterocycles. The summed E-state index contributed by atoms with van der Waals surface area (Å²) in [6, 6.07) is 12.4. The summed E-state index contributed by atoms with van der Waals surface area (Å²) in [4.78, 5) is 25.0. The number of morpholine rings is 1. The maximum Gasteiger partial charge on any atom is 0.513 e. The Morgan fingerprint density at radius 3 is 2.35 bits per heavy atom. The molecule has 3 rings (SSSR count). The number of non-ortho nitro benzene ring substituents is 1. The molecule has 2 atom stereocenters. The number of benzene rings is 2. The number of nitro groups is 1. The molecule has 34 heavy (non-hydrogen) atoms. The quantitative estimate of drug-likeness (QED) is 0.154. The minimum atomic E-state index is -4.12. The summed E-state index contributed by atoms with van der Waals surface area (Å²) in [6.45, 7) is 5.60. The van der Waals surface area contributed by atoms with Gasteiger partial charge in [0.05, 0.1) is 24.7 Å². The number of rotatable bonds is 12. The molecule has 0 amide bonds. The average molecular weight is 493 g/mol. The van der Waals surface area contributed by atoms with E-state index in [2.05, 4.69) is 9.99 Å². The van der Waals surface area contributed by atoms with Crippen LogP contribution in [0, 0.1) is 10.1 Å². The third-order valence-electron chi connectivity index (χ3n) is 4.91. The number of hydrogen-bond acceptors (Lipinski definition) is 9. The maximum atomic E-state index is 13.5. The zero-order chi connectivity index (χ0) is 24.4. The fraction of sp³-hybridized carbons (Fsp3) is 0.409. The molecule has 0 bridgehead atoms. The van der Waals surface area contributed by atoms with Crippen molar-refractivity contribution in [3.05, 3.63) is 64.7 Å². The minimum Gasteiger partial charge on any atom is -0.464 e. The Morgan fingerprint density at radius 1 is 1.12 bits per heavy atom.